The Balaban J connectivity index is 2.98. The van der Waals surface area contributed by atoms with Crippen molar-refractivity contribution in [3.8, 4) is 0 Å². The minimum atomic E-state index is -5.64. The van der Waals surface area contributed by atoms with Crippen molar-refractivity contribution in [3.05, 3.63) is 0 Å². The second-order valence-corrected chi connectivity index (χ2v) is 10.1. The van der Waals surface area contributed by atoms with Crippen molar-refractivity contribution in [1.82, 2.24) is 0 Å². The fourth-order valence-corrected chi connectivity index (χ4v) is 7.27. The number of hydrogen-bond donors (Lipinski definition) is 0. The quantitative estimate of drug-likeness (QED) is 0.724. The van der Waals surface area contributed by atoms with Crippen LogP contribution in [0.5, 0.6) is 0 Å². The first-order chi connectivity index (χ1) is 8.99. The summed E-state index contributed by atoms with van der Waals surface area (Å²) in [5.41, 5.74) is -5.44. The van der Waals surface area contributed by atoms with Gasteiger partial charge >= 0.3 is 15.6 Å². The summed E-state index contributed by atoms with van der Waals surface area (Å²) in [5, 5.41) is 0. The van der Waals surface area contributed by atoms with Gasteiger partial charge in [-0.1, -0.05) is 20.3 Å². The van der Waals surface area contributed by atoms with Gasteiger partial charge in [0.1, 0.15) is 5.78 Å². The number of alkyl halides is 3. The Hall–Kier alpha value is -0.280. The van der Waals surface area contributed by atoms with E-state index in [1.807, 2.05) is 0 Å². The lowest BCUT2D eigenvalue weighted by Crippen LogP contribution is -2.33. The molecule has 1 fully saturated rings. The minimum Gasteiger partial charge on any atom is -0.298 e. The number of carbonyl (C=O) groups excluding carboxylic acids is 1. The topological polar surface area (TPSA) is 60.4 Å². The number of Topliss-reactive ketones (excluding diaryl/α,β-unsaturated/α-hetero) is 1. The highest BCUT2D eigenvalue weighted by Crippen LogP contribution is 2.56. The van der Waals surface area contributed by atoms with Gasteiger partial charge in [-0.15, -0.1) is 10.3 Å². The highest BCUT2D eigenvalue weighted by atomic mass is 32.3. The molecule has 1 rings (SSSR count). The summed E-state index contributed by atoms with van der Waals surface area (Å²) < 4.78 is 64.4. The third-order valence-electron chi connectivity index (χ3n) is 3.10. The number of halogens is 3. The standard InChI is InChI=1S/C11H19F3O4S2/c1-9(2)10(15)8-19(6-4-3-5-7-19)18-20(16,17)11(12,13)14/h9H,3-8H2,1-2H3. The average Bonchev–Trinajstić information content (AvgIpc) is 2.27. The Morgan fingerprint density at radius 1 is 1.20 bits per heavy atom. The predicted molar refractivity (Wildman–Crippen MR) is 71.9 cm³/mol. The molecular weight excluding hydrogens is 317 g/mol. The van der Waals surface area contributed by atoms with Gasteiger partial charge in [0.25, 0.3) is 0 Å². The first-order valence-corrected chi connectivity index (χ1v) is 9.78. The molecule has 0 N–H and O–H groups in total. The van der Waals surface area contributed by atoms with Gasteiger partial charge < -0.3 is 0 Å². The van der Waals surface area contributed by atoms with Gasteiger partial charge in [-0.25, -0.2) is 3.63 Å². The van der Waals surface area contributed by atoms with Gasteiger partial charge in [-0.2, -0.15) is 21.6 Å². The fourth-order valence-electron chi connectivity index (χ4n) is 1.90. The van der Waals surface area contributed by atoms with E-state index in [0.29, 0.717) is 12.8 Å². The van der Waals surface area contributed by atoms with Crippen LogP contribution in [0.3, 0.4) is 0 Å². The van der Waals surface area contributed by atoms with Crippen LogP contribution in [0.2, 0.25) is 0 Å². The lowest BCUT2D eigenvalue weighted by atomic mass is 10.1. The lowest BCUT2D eigenvalue weighted by Gasteiger charge is -2.41. The third kappa shape index (κ3) is 4.36. The van der Waals surface area contributed by atoms with Gasteiger partial charge in [0.15, 0.2) is 0 Å². The monoisotopic (exact) mass is 336 g/mol. The van der Waals surface area contributed by atoms with Crippen molar-refractivity contribution >= 4 is 26.2 Å². The third-order valence-corrected chi connectivity index (χ3v) is 8.41. The van der Waals surface area contributed by atoms with Crippen LogP contribution in [0.1, 0.15) is 33.1 Å². The molecule has 120 valence electrons. The second-order valence-electron chi connectivity index (χ2n) is 5.17. The molecule has 0 radical (unpaired) electrons. The molecule has 0 aliphatic carbocycles. The molecule has 0 atom stereocenters. The highest BCUT2D eigenvalue weighted by Gasteiger charge is 2.51. The summed E-state index contributed by atoms with van der Waals surface area (Å²) in [6.45, 7) is 3.27. The predicted octanol–water partition coefficient (Wildman–Crippen LogP) is 2.98. The number of rotatable bonds is 5. The van der Waals surface area contributed by atoms with Crippen LogP contribution in [0.4, 0.5) is 13.2 Å². The molecule has 9 heteroatoms. The Morgan fingerprint density at radius 2 is 1.70 bits per heavy atom. The van der Waals surface area contributed by atoms with Gasteiger partial charge in [0.2, 0.25) is 0 Å². The normalized spacial score (nSPS) is 21.7. The molecule has 0 bridgehead atoms. The molecule has 4 nitrogen and oxygen atoms in total. The largest absolute Gasteiger partial charge is 0.523 e. The van der Waals surface area contributed by atoms with E-state index >= 15 is 0 Å². The smallest absolute Gasteiger partial charge is 0.298 e. The van der Waals surface area contributed by atoms with Crippen molar-refractivity contribution in [2.45, 2.75) is 38.6 Å². The number of hydrogen-bond acceptors (Lipinski definition) is 4. The average molecular weight is 336 g/mol. The maximum Gasteiger partial charge on any atom is 0.523 e. The fraction of sp³-hybridized carbons (Fsp3) is 0.909. The molecular formula is C11H19F3O4S2. The van der Waals surface area contributed by atoms with Crippen LogP contribution in [0.15, 0.2) is 0 Å². The summed E-state index contributed by atoms with van der Waals surface area (Å²) in [4.78, 5) is 11.8. The molecule has 1 heterocycles. The van der Waals surface area contributed by atoms with E-state index in [0.717, 1.165) is 6.42 Å². The number of carbonyl (C=O) groups is 1. The van der Waals surface area contributed by atoms with E-state index < -0.39 is 25.9 Å². The van der Waals surface area contributed by atoms with E-state index in [-0.39, 0.29) is 29.0 Å². The summed E-state index contributed by atoms with van der Waals surface area (Å²) >= 11 is 0. The van der Waals surface area contributed by atoms with Crippen LogP contribution in [-0.2, 0) is 18.5 Å². The molecule has 20 heavy (non-hydrogen) atoms. The zero-order valence-corrected chi connectivity index (χ0v) is 13.0. The Labute approximate surface area is 118 Å². The maximum atomic E-state index is 12.5. The maximum absolute atomic E-state index is 12.5. The molecule has 0 spiro atoms. The zero-order valence-electron chi connectivity index (χ0n) is 11.4. The van der Waals surface area contributed by atoms with Crippen molar-refractivity contribution < 1.29 is 30.0 Å². The van der Waals surface area contributed by atoms with Crippen LogP contribution < -0.4 is 0 Å². The molecule has 0 aromatic rings. The molecule has 0 aromatic carbocycles. The first-order valence-electron chi connectivity index (χ1n) is 6.30. The second kappa shape index (κ2) is 6.23. The lowest BCUT2D eigenvalue weighted by molar-refractivity contribution is -0.119. The molecule has 0 amide bonds. The van der Waals surface area contributed by atoms with Gasteiger partial charge in [-0.05, 0) is 12.8 Å². The summed E-state index contributed by atoms with van der Waals surface area (Å²) in [6, 6.07) is 0. The Bertz CT molecular complexity index is 451. The van der Waals surface area contributed by atoms with E-state index in [2.05, 4.69) is 3.63 Å². The number of ketones is 1. The van der Waals surface area contributed by atoms with Gasteiger partial charge in [0.05, 0.1) is 5.75 Å². The zero-order chi connectivity index (χ0) is 15.6. The van der Waals surface area contributed by atoms with Gasteiger partial charge in [-0.3, -0.25) is 4.79 Å². The van der Waals surface area contributed by atoms with Crippen molar-refractivity contribution in [1.29, 1.82) is 0 Å². The molecule has 1 aliphatic rings. The summed E-state index contributed by atoms with van der Waals surface area (Å²) in [5.74, 6) is -0.334. The van der Waals surface area contributed by atoms with E-state index in [9.17, 15) is 26.4 Å². The summed E-state index contributed by atoms with van der Waals surface area (Å²) in [7, 11) is -8.18. The van der Waals surface area contributed by atoms with Crippen molar-refractivity contribution in [3.63, 3.8) is 0 Å². The Kier molecular flexibility index (Phi) is 5.53. The van der Waals surface area contributed by atoms with E-state index in [1.165, 1.54) is 0 Å². The molecule has 0 saturated carbocycles. The van der Waals surface area contributed by atoms with Crippen molar-refractivity contribution in [2.75, 3.05) is 17.3 Å². The van der Waals surface area contributed by atoms with Gasteiger partial charge in [0, 0.05) is 17.4 Å². The van der Waals surface area contributed by atoms with Crippen molar-refractivity contribution in [2.24, 2.45) is 5.92 Å². The van der Waals surface area contributed by atoms with Crippen LogP contribution in [0, 0.1) is 5.92 Å². The SMILES string of the molecule is CC(C)C(=O)CS1(OS(=O)(=O)C(F)(F)F)CCCCC1. The molecule has 1 aliphatic heterocycles. The van der Waals surface area contributed by atoms with Crippen LogP contribution in [0.25, 0.3) is 0 Å². The Morgan fingerprint density at radius 3 is 2.10 bits per heavy atom. The molecule has 1 saturated heterocycles. The molecule has 0 unspecified atom stereocenters. The highest BCUT2D eigenvalue weighted by molar-refractivity contribution is 8.33. The van der Waals surface area contributed by atoms with Crippen LogP contribution >= 0.6 is 10.3 Å². The van der Waals surface area contributed by atoms with E-state index in [4.69, 9.17) is 0 Å². The summed E-state index contributed by atoms with van der Waals surface area (Å²) in [6.07, 6.45) is 2.00. The first kappa shape index (κ1) is 17.8. The minimum absolute atomic E-state index is 0.208. The van der Waals surface area contributed by atoms with E-state index in [1.54, 1.807) is 13.8 Å². The molecule has 0 aromatic heterocycles. The van der Waals surface area contributed by atoms with Crippen LogP contribution in [-0.4, -0.2) is 37.0 Å².